The van der Waals surface area contributed by atoms with E-state index in [1.165, 1.54) is 0 Å². The van der Waals surface area contributed by atoms with E-state index in [0.717, 1.165) is 12.1 Å². The van der Waals surface area contributed by atoms with Crippen LogP contribution >= 0.6 is 15.9 Å². The van der Waals surface area contributed by atoms with Crippen molar-refractivity contribution >= 4 is 21.8 Å². The molecule has 0 fully saturated rings. The lowest BCUT2D eigenvalue weighted by Crippen LogP contribution is -2.31. The number of aromatic nitrogens is 2. The molecular weight excluding hydrogens is 270 g/mol. The summed E-state index contributed by atoms with van der Waals surface area (Å²) in [6.07, 6.45) is 0.992. The summed E-state index contributed by atoms with van der Waals surface area (Å²) in [5, 5.41) is 7.13. The predicted octanol–water partition coefficient (Wildman–Crippen LogP) is 2.11. The standard InChI is InChI=1S/C11H18BrN3O/c1-4-9(12)7-13-11(16)10-6-8(3)14-15(10)5-2/h6,9H,4-5,7H2,1-3H3,(H,13,16). The third kappa shape index (κ3) is 3.33. The van der Waals surface area contributed by atoms with Crippen LogP contribution in [-0.4, -0.2) is 27.1 Å². The Morgan fingerprint density at radius 1 is 1.62 bits per heavy atom. The first-order valence-corrected chi connectivity index (χ1v) is 6.46. The van der Waals surface area contributed by atoms with Crippen molar-refractivity contribution in [3.63, 3.8) is 0 Å². The van der Waals surface area contributed by atoms with E-state index in [0.29, 0.717) is 23.6 Å². The lowest BCUT2D eigenvalue weighted by atomic mass is 10.3. The van der Waals surface area contributed by atoms with Gasteiger partial charge in [-0.25, -0.2) is 0 Å². The first-order chi connectivity index (χ1) is 7.58. The highest BCUT2D eigenvalue weighted by Crippen LogP contribution is 2.05. The molecule has 0 aliphatic rings. The van der Waals surface area contributed by atoms with Gasteiger partial charge in [-0.1, -0.05) is 22.9 Å². The highest BCUT2D eigenvalue weighted by atomic mass is 79.9. The van der Waals surface area contributed by atoms with Crippen molar-refractivity contribution in [1.29, 1.82) is 0 Å². The Bertz CT molecular complexity index is 362. The van der Waals surface area contributed by atoms with Crippen LogP contribution in [0.1, 0.15) is 36.5 Å². The molecule has 16 heavy (non-hydrogen) atoms. The molecule has 0 saturated heterocycles. The second-order valence-corrected chi connectivity index (χ2v) is 5.00. The molecule has 0 radical (unpaired) electrons. The SMILES string of the molecule is CCC(Br)CNC(=O)c1cc(C)nn1CC. The van der Waals surface area contributed by atoms with Gasteiger partial charge in [-0.2, -0.15) is 5.10 Å². The second kappa shape index (κ2) is 6.03. The molecule has 1 atom stereocenters. The van der Waals surface area contributed by atoms with E-state index >= 15 is 0 Å². The number of rotatable bonds is 5. The third-order valence-corrected chi connectivity index (χ3v) is 3.33. The molecular formula is C11H18BrN3O. The number of hydrogen-bond acceptors (Lipinski definition) is 2. The minimum absolute atomic E-state index is 0.0552. The number of carbonyl (C=O) groups is 1. The van der Waals surface area contributed by atoms with Crippen molar-refractivity contribution in [2.75, 3.05) is 6.54 Å². The van der Waals surface area contributed by atoms with Crippen LogP contribution in [0.15, 0.2) is 6.07 Å². The number of hydrogen-bond donors (Lipinski definition) is 1. The molecule has 0 bridgehead atoms. The first kappa shape index (κ1) is 13.2. The van der Waals surface area contributed by atoms with E-state index < -0.39 is 0 Å². The molecule has 0 aliphatic carbocycles. The van der Waals surface area contributed by atoms with E-state index in [-0.39, 0.29) is 5.91 Å². The monoisotopic (exact) mass is 287 g/mol. The maximum Gasteiger partial charge on any atom is 0.269 e. The fraction of sp³-hybridized carbons (Fsp3) is 0.636. The Balaban J connectivity index is 2.65. The van der Waals surface area contributed by atoms with E-state index in [9.17, 15) is 4.79 Å². The van der Waals surface area contributed by atoms with Crippen LogP contribution in [0.25, 0.3) is 0 Å². The lowest BCUT2D eigenvalue weighted by Gasteiger charge is -2.09. The highest BCUT2D eigenvalue weighted by Gasteiger charge is 2.13. The number of carbonyl (C=O) groups excluding carboxylic acids is 1. The molecule has 0 aliphatic heterocycles. The molecule has 90 valence electrons. The quantitative estimate of drug-likeness (QED) is 0.844. The van der Waals surface area contributed by atoms with Crippen LogP contribution in [-0.2, 0) is 6.54 Å². The molecule has 0 spiro atoms. The molecule has 1 amide bonds. The molecule has 0 saturated carbocycles. The van der Waals surface area contributed by atoms with Crippen LogP contribution in [0.2, 0.25) is 0 Å². The fourth-order valence-electron chi connectivity index (χ4n) is 1.41. The van der Waals surface area contributed by atoms with Crippen molar-refractivity contribution in [2.45, 2.75) is 38.6 Å². The molecule has 1 aromatic rings. The van der Waals surface area contributed by atoms with Gasteiger partial charge < -0.3 is 5.32 Å². The normalized spacial score (nSPS) is 12.5. The van der Waals surface area contributed by atoms with Crippen LogP contribution < -0.4 is 5.32 Å². The van der Waals surface area contributed by atoms with E-state index in [4.69, 9.17) is 0 Å². The molecule has 1 unspecified atom stereocenters. The summed E-state index contributed by atoms with van der Waals surface area (Å²) in [6, 6.07) is 1.81. The maximum atomic E-state index is 11.9. The minimum Gasteiger partial charge on any atom is -0.350 e. The Hall–Kier alpha value is -0.840. The van der Waals surface area contributed by atoms with Gasteiger partial charge >= 0.3 is 0 Å². The van der Waals surface area contributed by atoms with Crippen LogP contribution in [0.5, 0.6) is 0 Å². The summed E-state index contributed by atoms with van der Waals surface area (Å²) in [6.45, 7) is 7.29. The summed E-state index contributed by atoms with van der Waals surface area (Å²) < 4.78 is 1.72. The number of halogens is 1. The molecule has 5 heteroatoms. The Kier molecular flexibility index (Phi) is 4.99. The Morgan fingerprint density at radius 2 is 2.31 bits per heavy atom. The average Bonchev–Trinajstić information content (AvgIpc) is 2.66. The molecule has 1 heterocycles. The van der Waals surface area contributed by atoms with Gasteiger partial charge in [-0.3, -0.25) is 9.48 Å². The van der Waals surface area contributed by atoms with Gasteiger partial charge in [-0.05, 0) is 26.3 Å². The van der Waals surface area contributed by atoms with Gasteiger partial charge in [-0.15, -0.1) is 0 Å². The second-order valence-electron chi connectivity index (χ2n) is 3.70. The van der Waals surface area contributed by atoms with Crippen molar-refractivity contribution in [3.8, 4) is 0 Å². The third-order valence-electron chi connectivity index (χ3n) is 2.36. The van der Waals surface area contributed by atoms with Crippen LogP contribution in [0.3, 0.4) is 0 Å². The number of amides is 1. The van der Waals surface area contributed by atoms with Crippen molar-refractivity contribution in [2.24, 2.45) is 0 Å². The van der Waals surface area contributed by atoms with Gasteiger partial charge in [0.1, 0.15) is 5.69 Å². The molecule has 1 N–H and O–H groups in total. The number of nitrogens with one attached hydrogen (secondary N) is 1. The fourth-order valence-corrected chi connectivity index (χ4v) is 1.57. The minimum atomic E-state index is -0.0552. The molecule has 0 aromatic carbocycles. The number of aryl methyl sites for hydroxylation is 2. The lowest BCUT2D eigenvalue weighted by molar-refractivity contribution is 0.0943. The van der Waals surface area contributed by atoms with Crippen molar-refractivity contribution in [3.05, 3.63) is 17.5 Å². The summed E-state index contributed by atoms with van der Waals surface area (Å²) in [7, 11) is 0. The van der Waals surface area contributed by atoms with E-state index in [1.54, 1.807) is 4.68 Å². The van der Waals surface area contributed by atoms with Crippen molar-refractivity contribution < 1.29 is 4.79 Å². The molecule has 1 aromatic heterocycles. The van der Waals surface area contributed by atoms with Gasteiger partial charge in [0, 0.05) is 17.9 Å². The Labute approximate surface area is 105 Å². The maximum absolute atomic E-state index is 11.9. The Morgan fingerprint density at radius 3 is 2.88 bits per heavy atom. The molecule has 1 rings (SSSR count). The zero-order chi connectivity index (χ0) is 12.1. The van der Waals surface area contributed by atoms with E-state index in [2.05, 4.69) is 33.3 Å². The predicted molar refractivity (Wildman–Crippen MR) is 68.0 cm³/mol. The highest BCUT2D eigenvalue weighted by molar-refractivity contribution is 9.09. The van der Waals surface area contributed by atoms with Crippen molar-refractivity contribution in [1.82, 2.24) is 15.1 Å². The van der Waals surface area contributed by atoms with Gasteiger partial charge in [0.25, 0.3) is 5.91 Å². The average molecular weight is 288 g/mol. The topological polar surface area (TPSA) is 46.9 Å². The zero-order valence-electron chi connectivity index (χ0n) is 9.96. The zero-order valence-corrected chi connectivity index (χ0v) is 11.5. The first-order valence-electron chi connectivity index (χ1n) is 5.55. The number of nitrogens with zero attached hydrogens (tertiary/aromatic N) is 2. The van der Waals surface area contributed by atoms with Crippen LogP contribution in [0, 0.1) is 6.92 Å². The molecule has 4 nitrogen and oxygen atoms in total. The summed E-state index contributed by atoms with van der Waals surface area (Å²) in [5.41, 5.74) is 1.51. The summed E-state index contributed by atoms with van der Waals surface area (Å²) in [5.74, 6) is -0.0552. The summed E-state index contributed by atoms with van der Waals surface area (Å²) >= 11 is 3.48. The largest absolute Gasteiger partial charge is 0.350 e. The van der Waals surface area contributed by atoms with Gasteiger partial charge in [0.05, 0.1) is 5.69 Å². The smallest absolute Gasteiger partial charge is 0.269 e. The number of alkyl halides is 1. The van der Waals surface area contributed by atoms with E-state index in [1.807, 2.05) is 19.9 Å². The van der Waals surface area contributed by atoms with Gasteiger partial charge in [0.15, 0.2) is 0 Å². The van der Waals surface area contributed by atoms with Gasteiger partial charge in [0.2, 0.25) is 0 Å². The summed E-state index contributed by atoms with van der Waals surface area (Å²) in [4.78, 5) is 12.2. The van der Waals surface area contributed by atoms with Crippen LogP contribution in [0.4, 0.5) is 0 Å².